The Hall–Kier alpha value is -1.19. The summed E-state index contributed by atoms with van der Waals surface area (Å²) in [5, 5.41) is 3.53. The minimum atomic E-state index is -4.33. The monoisotopic (exact) mass is 348 g/mol. The molecule has 2 aliphatic rings. The first-order chi connectivity index (χ1) is 10.9. The molecule has 0 radical (unpaired) electrons. The number of nitrogens with one attached hydrogen (secondary N) is 1. The van der Waals surface area contributed by atoms with Crippen LogP contribution in [0.1, 0.15) is 22.7 Å². The van der Waals surface area contributed by atoms with Crippen LogP contribution in [0, 0.1) is 0 Å². The number of alkyl halides is 3. The van der Waals surface area contributed by atoms with Crippen molar-refractivity contribution in [3.05, 3.63) is 16.1 Å². The molecule has 0 bridgehead atoms. The SMILES string of the molecule is O=C1CNCCN1C1CCCN(Cc2ncc(C(F)(F)F)s2)C1. The van der Waals surface area contributed by atoms with E-state index in [1.807, 2.05) is 4.90 Å². The van der Waals surface area contributed by atoms with Crippen molar-refractivity contribution < 1.29 is 18.0 Å². The van der Waals surface area contributed by atoms with Crippen LogP contribution in [0.15, 0.2) is 6.20 Å². The molecule has 1 N–H and O–H groups in total. The zero-order valence-corrected chi connectivity index (χ0v) is 13.4. The predicted molar refractivity (Wildman–Crippen MR) is 80.0 cm³/mol. The zero-order valence-electron chi connectivity index (χ0n) is 12.6. The lowest BCUT2D eigenvalue weighted by molar-refractivity contribution is -0.136. The van der Waals surface area contributed by atoms with Crippen LogP contribution >= 0.6 is 11.3 Å². The lowest BCUT2D eigenvalue weighted by Gasteiger charge is -2.40. The highest BCUT2D eigenvalue weighted by molar-refractivity contribution is 7.11. The van der Waals surface area contributed by atoms with Gasteiger partial charge in [-0.3, -0.25) is 9.69 Å². The molecule has 2 saturated heterocycles. The Morgan fingerprint density at radius 1 is 1.39 bits per heavy atom. The van der Waals surface area contributed by atoms with E-state index in [0.717, 1.165) is 32.1 Å². The van der Waals surface area contributed by atoms with Gasteiger partial charge in [-0.25, -0.2) is 4.98 Å². The van der Waals surface area contributed by atoms with Crippen LogP contribution in [0.2, 0.25) is 0 Å². The summed E-state index contributed by atoms with van der Waals surface area (Å²) in [6, 6.07) is 0.153. The molecule has 1 unspecified atom stereocenters. The Labute approximate surface area is 136 Å². The maximum atomic E-state index is 12.6. The first-order valence-electron chi connectivity index (χ1n) is 7.68. The number of aromatic nitrogens is 1. The van der Waals surface area contributed by atoms with Gasteiger partial charge in [0.25, 0.3) is 0 Å². The molecule has 3 heterocycles. The Morgan fingerprint density at radius 3 is 2.91 bits per heavy atom. The van der Waals surface area contributed by atoms with Gasteiger partial charge in [-0.2, -0.15) is 13.2 Å². The minimum Gasteiger partial charge on any atom is -0.336 e. The van der Waals surface area contributed by atoms with Crippen molar-refractivity contribution in [3.63, 3.8) is 0 Å². The number of piperazine rings is 1. The van der Waals surface area contributed by atoms with Crippen molar-refractivity contribution in [3.8, 4) is 0 Å². The van der Waals surface area contributed by atoms with Crippen LogP contribution < -0.4 is 5.32 Å². The van der Waals surface area contributed by atoms with Gasteiger partial charge < -0.3 is 10.2 Å². The predicted octanol–water partition coefficient (Wildman–Crippen LogP) is 1.56. The van der Waals surface area contributed by atoms with Crippen molar-refractivity contribution in [1.82, 2.24) is 20.1 Å². The third kappa shape index (κ3) is 4.02. The lowest BCUT2D eigenvalue weighted by Crippen LogP contribution is -2.56. The molecule has 2 fully saturated rings. The molecule has 1 atom stereocenters. The number of carbonyl (C=O) groups is 1. The molecule has 0 aromatic carbocycles. The molecule has 3 rings (SSSR count). The fourth-order valence-electron chi connectivity index (χ4n) is 3.14. The third-order valence-corrected chi connectivity index (χ3v) is 5.27. The lowest BCUT2D eigenvalue weighted by atomic mass is 10.0. The third-order valence-electron chi connectivity index (χ3n) is 4.24. The van der Waals surface area contributed by atoms with E-state index in [1.54, 1.807) is 0 Å². The van der Waals surface area contributed by atoms with Crippen LogP contribution in [0.5, 0.6) is 0 Å². The summed E-state index contributed by atoms with van der Waals surface area (Å²) in [7, 11) is 0. The van der Waals surface area contributed by atoms with Crippen molar-refractivity contribution in [1.29, 1.82) is 0 Å². The van der Waals surface area contributed by atoms with Crippen molar-refractivity contribution >= 4 is 17.2 Å². The van der Waals surface area contributed by atoms with Gasteiger partial charge in [-0.05, 0) is 19.4 Å². The molecule has 128 valence electrons. The summed E-state index contributed by atoms with van der Waals surface area (Å²) < 4.78 is 37.9. The van der Waals surface area contributed by atoms with E-state index >= 15 is 0 Å². The number of likely N-dealkylation sites (tertiary alicyclic amines) is 1. The second kappa shape index (κ2) is 6.74. The van der Waals surface area contributed by atoms with Crippen molar-refractivity contribution in [2.24, 2.45) is 0 Å². The maximum Gasteiger partial charge on any atom is 0.427 e. The second-order valence-electron chi connectivity index (χ2n) is 5.91. The second-order valence-corrected chi connectivity index (χ2v) is 7.03. The van der Waals surface area contributed by atoms with Crippen LogP contribution in [-0.2, 0) is 17.5 Å². The molecule has 1 aromatic rings. The highest BCUT2D eigenvalue weighted by atomic mass is 32.1. The van der Waals surface area contributed by atoms with Gasteiger partial charge in [0, 0.05) is 25.7 Å². The molecule has 0 aliphatic carbocycles. The molecule has 1 aromatic heterocycles. The van der Waals surface area contributed by atoms with Crippen LogP contribution in [0.4, 0.5) is 13.2 Å². The number of hydrogen-bond donors (Lipinski definition) is 1. The van der Waals surface area contributed by atoms with Crippen LogP contribution in [0.3, 0.4) is 0 Å². The summed E-state index contributed by atoms with van der Waals surface area (Å²) in [5.41, 5.74) is 0. The van der Waals surface area contributed by atoms with E-state index in [0.29, 0.717) is 42.5 Å². The molecular weight excluding hydrogens is 329 g/mol. The highest BCUT2D eigenvalue weighted by Gasteiger charge is 2.34. The van der Waals surface area contributed by atoms with Gasteiger partial charge in [-0.15, -0.1) is 11.3 Å². The zero-order chi connectivity index (χ0) is 16.4. The standard InChI is InChI=1S/C14H19F3N4OS/c15-14(16,17)11-6-19-12(23-11)9-20-4-1-2-10(8-20)21-5-3-18-7-13(21)22/h6,10,18H,1-5,7-9H2. The Bertz CT molecular complexity index is 562. The minimum absolute atomic E-state index is 0.108. The Balaban J connectivity index is 1.60. The highest BCUT2D eigenvalue weighted by Crippen LogP contribution is 2.33. The first kappa shape index (κ1) is 16.7. The summed E-state index contributed by atoms with van der Waals surface area (Å²) >= 11 is 0.703. The Kier molecular flexibility index (Phi) is 4.88. The van der Waals surface area contributed by atoms with E-state index in [2.05, 4.69) is 15.2 Å². The molecule has 9 heteroatoms. The number of thiazole rings is 1. The van der Waals surface area contributed by atoms with E-state index in [4.69, 9.17) is 0 Å². The van der Waals surface area contributed by atoms with Crippen molar-refractivity contribution in [2.75, 3.05) is 32.7 Å². The molecule has 2 aliphatic heterocycles. The first-order valence-corrected chi connectivity index (χ1v) is 8.49. The molecule has 1 amide bonds. The molecule has 0 spiro atoms. The summed E-state index contributed by atoms with van der Waals surface area (Å²) in [4.78, 5) is 19.2. The van der Waals surface area contributed by atoms with Gasteiger partial charge >= 0.3 is 6.18 Å². The topological polar surface area (TPSA) is 48.5 Å². The smallest absolute Gasteiger partial charge is 0.336 e. The summed E-state index contributed by atoms with van der Waals surface area (Å²) in [6.07, 6.45) is -1.53. The molecule has 0 saturated carbocycles. The number of hydrogen-bond acceptors (Lipinski definition) is 5. The number of amides is 1. The quantitative estimate of drug-likeness (QED) is 0.901. The number of halogens is 3. The number of piperidine rings is 1. The summed E-state index contributed by atoms with van der Waals surface area (Å²) in [6.45, 7) is 3.82. The normalized spacial score (nSPS) is 24.2. The molecule has 5 nitrogen and oxygen atoms in total. The van der Waals surface area contributed by atoms with Crippen LogP contribution in [-0.4, -0.2) is 59.5 Å². The fourth-order valence-corrected chi connectivity index (χ4v) is 3.97. The average molecular weight is 348 g/mol. The van der Waals surface area contributed by atoms with Gasteiger partial charge in [0.2, 0.25) is 5.91 Å². The van der Waals surface area contributed by atoms with Gasteiger partial charge in [-0.1, -0.05) is 0 Å². The van der Waals surface area contributed by atoms with Gasteiger partial charge in [0.1, 0.15) is 9.88 Å². The Morgan fingerprint density at radius 2 is 2.22 bits per heavy atom. The maximum absolute atomic E-state index is 12.6. The summed E-state index contributed by atoms with van der Waals surface area (Å²) in [5.74, 6) is 0.108. The number of rotatable bonds is 3. The van der Waals surface area contributed by atoms with E-state index in [-0.39, 0.29) is 11.9 Å². The number of carbonyl (C=O) groups excluding carboxylic acids is 1. The van der Waals surface area contributed by atoms with Crippen molar-refractivity contribution in [2.45, 2.75) is 31.6 Å². The van der Waals surface area contributed by atoms with E-state index < -0.39 is 11.1 Å². The van der Waals surface area contributed by atoms with E-state index in [9.17, 15) is 18.0 Å². The molecular formula is C14H19F3N4OS. The largest absolute Gasteiger partial charge is 0.427 e. The van der Waals surface area contributed by atoms with Crippen LogP contribution in [0.25, 0.3) is 0 Å². The van der Waals surface area contributed by atoms with Gasteiger partial charge in [0.05, 0.1) is 19.3 Å². The van der Waals surface area contributed by atoms with E-state index in [1.165, 1.54) is 0 Å². The van der Waals surface area contributed by atoms with Gasteiger partial charge in [0.15, 0.2) is 0 Å². The molecule has 23 heavy (non-hydrogen) atoms. The average Bonchev–Trinajstić information content (AvgIpc) is 2.97. The fraction of sp³-hybridized carbons (Fsp3) is 0.714. The number of nitrogens with zero attached hydrogens (tertiary/aromatic N) is 3.